The van der Waals surface area contributed by atoms with Crippen LogP contribution in [0.1, 0.15) is 17.7 Å². The van der Waals surface area contributed by atoms with E-state index in [-0.39, 0.29) is 10.7 Å². The molecule has 2 rings (SSSR count). The summed E-state index contributed by atoms with van der Waals surface area (Å²) >= 11 is 3.48. The molecule has 0 aliphatic carbocycles. The van der Waals surface area contributed by atoms with Gasteiger partial charge in [-0.05, 0) is 25.5 Å². The minimum Gasteiger partial charge on any atom is -0.311 e. The summed E-state index contributed by atoms with van der Waals surface area (Å²) in [6.07, 6.45) is 2.34. The molecule has 3 nitrogen and oxygen atoms in total. The topological polar surface area (TPSA) is 33.2 Å². The summed E-state index contributed by atoms with van der Waals surface area (Å²) in [6.45, 7) is 4.72. The first-order chi connectivity index (χ1) is 7.09. The van der Waals surface area contributed by atoms with E-state index in [1.54, 1.807) is 6.20 Å². The van der Waals surface area contributed by atoms with E-state index >= 15 is 0 Å². The minimum atomic E-state index is 0.186. The highest BCUT2D eigenvalue weighted by Crippen LogP contribution is 2.28. The largest absolute Gasteiger partial charge is 0.311 e. The number of rotatable bonds is 1. The molecule has 1 fully saturated rings. The van der Waals surface area contributed by atoms with E-state index in [0.29, 0.717) is 6.42 Å². The average molecular weight is 269 g/mol. The lowest BCUT2D eigenvalue weighted by atomic mass is 10.2. The first-order valence-corrected chi connectivity index (χ1v) is 5.88. The van der Waals surface area contributed by atoms with Gasteiger partial charge < -0.3 is 4.90 Å². The van der Waals surface area contributed by atoms with Crippen LogP contribution in [-0.4, -0.2) is 22.3 Å². The SMILES string of the molecule is Cc1nccc(N2CC(Br)CC2=O)c1C. The fourth-order valence-electron chi connectivity index (χ4n) is 1.82. The number of hydrogen-bond acceptors (Lipinski definition) is 2. The van der Waals surface area contributed by atoms with Gasteiger partial charge in [0.25, 0.3) is 0 Å². The van der Waals surface area contributed by atoms with Gasteiger partial charge in [-0.25, -0.2) is 0 Å². The van der Waals surface area contributed by atoms with Gasteiger partial charge in [0.2, 0.25) is 5.91 Å². The number of amides is 1. The van der Waals surface area contributed by atoms with E-state index in [1.165, 1.54) is 0 Å². The molecule has 1 amide bonds. The average Bonchev–Trinajstić information content (AvgIpc) is 2.50. The Hall–Kier alpha value is -0.900. The molecule has 0 aromatic carbocycles. The number of carbonyl (C=O) groups excluding carboxylic acids is 1. The van der Waals surface area contributed by atoms with Crippen molar-refractivity contribution in [1.29, 1.82) is 0 Å². The second-order valence-electron chi connectivity index (χ2n) is 3.85. The molecule has 0 spiro atoms. The molecule has 2 heterocycles. The van der Waals surface area contributed by atoms with Crippen molar-refractivity contribution >= 4 is 27.5 Å². The van der Waals surface area contributed by atoms with E-state index in [1.807, 2.05) is 24.8 Å². The van der Waals surface area contributed by atoms with Crippen LogP contribution in [0.2, 0.25) is 0 Å². The molecule has 4 heteroatoms. The van der Waals surface area contributed by atoms with Crippen LogP contribution < -0.4 is 4.90 Å². The molecule has 1 unspecified atom stereocenters. The molecule has 1 saturated heterocycles. The van der Waals surface area contributed by atoms with Gasteiger partial charge >= 0.3 is 0 Å². The summed E-state index contributed by atoms with van der Waals surface area (Å²) in [4.78, 5) is 18.0. The molecule has 1 aliphatic rings. The Morgan fingerprint density at radius 1 is 1.53 bits per heavy atom. The molecule has 80 valence electrons. The van der Waals surface area contributed by atoms with Crippen LogP contribution in [0.4, 0.5) is 5.69 Å². The maximum atomic E-state index is 11.7. The van der Waals surface area contributed by atoms with E-state index in [4.69, 9.17) is 0 Å². The fourth-order valence-corrected chi connectivity index (χ4v) is 2.38. The van der Waals surface area contributed by atoms with Crippen LogP contribution >= 0.6 is 15.9 Å². The maximum absolute atomic E-state index is 11.7. The van der Waals surface area contributed by atoms with Gasteiger partial charge in [-0.3, -0.25) is 9.78 Å². The van der Waals surface area contributed by atoms with Crippen molar-refractivity contribution in [1.82, 2.24) is 4.98 Å². The molecule has 0 saturated carbocycles. The lowest BCUT2D eigenvalue weighted by Crippen LogP contribution is -2.25. The van der Waals surface area contributed by atoms with E-state index in [0.717, 1.165) is 23.5 Å². The Morgan fingerprint density at radius 3 is 2.87 bits per heavy atom. The molecule has 1 atom stereocenters. The Bertz CT molecular complexity index is 406. The number of alkyl halides is 1. The van der Waals surface area contributed by atoms with Crippen molar-refractivity contribution in [3.8, 4) is 0 Å². The van der Waals surface area contributed by atoms with Crippen LogP contribution in [0, 0.1) is 13.8 Å². The Balaban J connectivity index is 2.38. The standard InChI is InChI=1S/C11H13BrN2O/c1-7-8(2)13-4-3-10(7)14-6-9(12)5-11(14)15/h3-4,9H,5-6H2,1-2H3. The summed E-state index contributed by atoms with van der Waals surface area (Å²) in [6, 6.07) is 1.91. The zero-order chi connectivity index (χ0) is 11.0. The molecular formula is C11H13BrN2O. The third-order valence-corrected chi connectivity index (χ3v) is 3.41. The first-order valence-electron chi connectivity index (χ1n) is 4.96. The molecule has 1 aromatic heterocycles. The van der Waals surface area contributed by atoms with Crippen molar-refractivity contribution < 1.29 is 4.79 Å². The Morgan fingerprint density at radius 2 is 2.27 bits per heavy atom. The van der Waals surface area contributed by atoms with E-state index < -0.39 is 0 Å². The number of aryl methyl sites for hydroxylation is 1. The van der Waals surface area contributed by atoms with Crippen LogP contribution in [-0.2, 0) is 4.79 Å². The van der Waals surface area contributed by atoms with Gasteiger partial charge in [-0.15, -0.1) is 0 Å². The number of pyridine rings is 1. The van der Waals surface area contributed by atoms with Crippen LogP contribution in [0.25, 0.3) is 0 Å². The summed E-state index contributed by atoms with van der Waals surface area (Å²) in [5, 5.41) is 0. The quantitative estimate of drug-likeness (QED) is 0.732. The summed E-state index contributed by atoms with van der Waals surface area (Å²) < 4.78 is 0. The van der Waals surface area contributed by atoms with Gasteiger partial charge in [-0.1, -0.05) is 15.9 Å². The predicted molar refractivity (Wildman–Crippen MR) is 63.4 cm³/mol. The molecular weight excluding hydrogens is 256 g/mol. The number of nitrogens with zero attached hydrogens (tertiary/aromatic N) is 2. The van der Waals surface area contributed by atoms with Gasteiger partial charge in [0.05, 0.1) is 0 Å². The zero-order valence-corrected chi connectivity index (χ0v) is 10.4. The summed E-state index contributed by atoms with van der Waals surface area (Å²) in [7, 11) is 0. The van der Waals surface area contributed by atoms with Gasteiger partial charge in [0.15, 0.2) is 0 Å². The molecule has 1 aromatic rings. The summed E-state index contributed by atoms with van der Waals surface area (Å²) in [5.41, 5.74) is 3.07. The number of hydrogen-bond donors (Lipinski definition) is 0. The number of halogens is 1. The zero-order valence-electron chi connectivity index (χ0n) is 8.83. The number of anilines is 1. The Labute approximate surface area is 97.6 Å². The van der Waals surface area contributed by atoms with Crippen molar-refractivity contribution in [2.24, 2.45) is 0 Å². The van der Waals surface area contributed by atoms with Crippen molar-refractivity contribution in [2.45, 2.75) is 25.1 Å². The first kappa shape index (κ1) is 10.6. The lowest BCUT2D eigenvalue weighted by Gasteiger charge is -2.19. The third kappa shape index (κ3) is 1.91. The monoisotopic (exact) mass is 268 g/mol. The predicted octanol–water partition coefficient (Wildman–Crippen LogP) is 2.20. The number of carbonyl (C=O) groups is 1. The fraction of sp³-hybridized carbons (Fsp3) is 0.455. The molecule has 15 heavy (non-hydrogen) atoms. The molecule has 0 bridgehead atoms. The van der Waals surface area contributed by atoms with Gasteiger partial charge in [-0.2, -0.15) is 0 Å². The van der Waals surface area contributed by atoms with Gasteiger partial charge in [0, 0.05) is 35.4 Å². The van der Waals surface area contributed by atoms with Crippen LogP contribution in [0.15, 0.2) is 12.3 Å². The minimum absolute atomic E-state index is 0.186. The Kier molecular flexibility index (Phi) is 2.78. The van der Waals surface area contributed by atoms with Crippen molar-refractivity contribution in [3.05, 3.63) is 23.5 Å². The lowest BCUT2D eigenvalue weighted by molar-refractivity contribution is -0.117. The van der Waals surface area contributed by atoms with Crippen LogP contribution in [0.3, 0.4) is 0 Å². The smallest absolute Gasteiger partial charge is 0.228 e. The van der Waals surface area contributed by atoms with Crippen LogP contribution in [0.5, 0.6) is 0 Å². The second kappa shape index (κ2) is 3.93. The third-order valence-electron chi connectivity index (χ3n) is 2.80. The second-order valence-corrected chi connectivity index (χ2v) is 5.14. The van der Waals surface area contributed by atoms with E-state index in [9.17, 15) is 4.79 Å². The summed E-state index contributed by atoms with van der Waals surface area (Å²) in [5.74, 6) is 0.186. The maximum Gasteiger partial charge on any atom is 0.228 e. The van der Waals surface area contributed by atoms with Crippen molar-refractivity contribution in [3.63, 3.8) is 0 Å². The highest BCUT2D eigenvalue weighted by molar-refractivity contribution is 9.09. The normalized spacial score (nSPS) is 21.1. The highest BCUT2D eigenvalue weighted by atomic mass is 79.9. The molecule has 0 radical (unpaired) electrons. The number of aromatic nitrogens is 1. The molecule has 1 aliphatic heterocycles. The highest BCUT2D eigenvalue weighted by Gasteiger charge is 2.29. The van der Waals surface area contributed by atoms with Crippen molar-refractivity contribution in [2.75, 3.05) is 11.4 Å². The van der Waals surface area contributed by atoms with E-state index in [2.05, 4.69) is 20.9 Å². The molecule has 0 N–H and O–H groups in total. The van der Waals surface area contributed by atoms with Gasteiger partial charge in [0.1, 0.15) is 0 Å².